The Morgan fingerprint density at radius 2 is 2.15 bits per heavy atom. The van der Waals surface area contributed by atoms with Gasteiger partial charge in [0.2, 0.25) is 0 Å². The lowest BCUT2D eigenvalue weighted by Crippen LogP contribution is -2.51. The maximum absolute atomic E-state index is 11.6. The number of carbonyl (C=O) groups is 1. The number of nitrogens with zero attached hydrogens (tertiary/aromatic N) is 1. The van der Waals surface area contributed by atoms with Gasteiger partial charge < -0.3 is 5.11 Å². The molecule has 110 valence electrons. The fourth-order valence-corrected chi connectivity index (χ4v) is 2.26. The summed E-state index contributed by atoms with van der Waals surface area (Å²) in [7, 11) is 0. The minimum atomic E-state index is -0.698. The van der Waals surface area contributed by atoms with Gasteiger partial charge in [-0.3, -0.25) is 14.8 Å². The molecule has 3 N–H and O–H groups in total. The van der Waals surface area contributed by atoms with Crippen LogP contribution in [0.15, 0.2) is 24.3 Å². The molecule has 1 fully saturated rings. The van der Waals surface area contributed by atoms with Crippen molar-refractivity contribution >= 4 is 17.5 Å². The van der Waals surface area contributed by atoms with Gasteiger partial charge in [0.05, 0.1) is 12.7 Å². The van der Waals surface area contributed by atoms with Gasteiger partial charge in [-0.1, -0.05) is 23.7 Å². The fourth-order valence-electron chi connectivity index (χ4n) is 2.13. The number of halogens is 1. The third kappa shape index (κ3) is 3.91. The second-order valence-electron chi connectivity index (χ2n) is 4.71. The molecule has 0 bridgehead atoms. The zero-order chi connectivity index (χ0) is 14.5. The molecular formula is C13H17ClN2O4. The van der Waals surface area contributed by atoms with Gasteiger partial charge in [0.25, 0.3) is 5.91 Å². The second-order valence-corrected chi connectivity index (χ2v) is 5.15. The highest BCUT2D eigenvalue weighted by molar-refractivity contribution is 6.30. The van der Waals surface area contributed by atoms with Gasteiger partial charge in [-0.25, -0.2) is 5.48 Å². The van der Waals surface area contributed by atoms with Crippen molar-refractivity contribution in [3.05, 3.63) is 34.9 Å². The third-order valence-electron chi connectivity index (χ3n) is 3.25. The molecule has 1 saturated heterocycles. The molecule has 1 aliphatic rings. The number of amides is 1. The molecule has 0 aromatic heterocycles. The molecule has 6 nitrogen and oxygen atoms in total. The van der Waals surface area contributed by atoms with E-state index in [0.717, 1.165) is 5.56 Å². The minimum absolute atomic E-state index is 0.229. The van der Waals surface area contributed by atoms with Crippen molar-refractivity contribution in [3.63, 3.8) is 0 Å². The average Bonchev–Trinajstić information content (AvgIpc) is 2.46. The lowest BCUT2D eigenvalue weighted by Gasteiger charge is -2.35. The molecule has 2 rings (SSSR count). The van der Waals surface area contributed by atoms with Gasteiger partial charge >= 0.3 is 0 Å². The smallest absolute Gasteiger partial charge is 0.263 e. The van der Waals surface area contributed by atoms with Crippen LogP contribution in [-0.4, -0.2) is 40.0 Å². The molecule has 0 spiro atoms. The summed E-state index contributed by atoms with van der Waals surface area (Å²) in [6, 6.07) is 6.50. The summed E-state index contributed by atoms with van der Waals surface area (Å²) >= 11 is 5.80. The van der Waals surface area contributed by atoms with Crippen LogP contribution in [0.2, 0.25) is 5.02 Å². The highest BCUT2D eigenvalue weighted by Gasteiger charge is 2.33. The number of hydrogen-bond acceptors (Lipinski definition) is 5. The van der Waals surface area contributed by atoms with Crippen LogP contribution in [0.3, 0.4) is 0 Å². The zero-order valence-electron chi connectivity index (χ0n) is 10.8. The van der Waals surface area contributed by atoms with Crippen molar-refractivity contribution in [2.24, 2.45) is 0 Å². The molecule has 20 heavy (non-hydrogen) atoms. The lowest BCUT2D eigenvalue weighted by molar-refractivity contribution is -0.219. The summed E-state index contributed by atoms with van der Waals surface area (Å²) in [5.41, 5.74) is 2.52. The number of benzene rings is 1. The molecule has 1 aromatic rings. The van der Waals surface area contributed by atoms with Gasteiger partial charge in [0, 0.05) is 18.0 Å². The molecular weight excluding hydrogens is 284 g/mol. The number of rotatable bonds is 4. The van der Waals surface area contributed by atoms with Crippen LogP contribution in [0.25, 0.3) is 0 Å². The van der Waals surface area contributed by atoms with Gasteiger partial charge in [-0.15, -0.1) is 0 Å². The highest BCUT2D eigenvalue weighted by Crippen LogP contribution is 2.19. The van der Waals surface area contributed by atoms with E-state index in [9.17, 15) is 9.90 Å². The van der Waals surface area contributed by atoms with Crippen molar-refractivity contribution in [2.75, 3.05) is 6.54 Å². The quantitative estimate of drug-likeness (QED) is 0.573. The Labute approximate surface area is 121 Å². The molecule has 0 saturated carbocycles. The number of aliphatic hydroxyl groups is 1. The first-order chi connectivity index (χ1) is 9.60. The Balaban J connectivity index is 1.95. The number of nitrogens with one attached hydrogen (secondary N) is 1. The number of hydrogen-bond donors (Lipinski definition) is 3. The summed E-state index contributed by atoms with van der Waals surface area (Å²) < 4.78 is 0. The van der Waals surface area contributed by atoms with E-state index in [1.165, 1.54) is 5.06 Å². The lowest BCUT2D eigenvalue weighted by atomic mass is 10.0. The molecule has 1 amide bonds. The van der Waals surface area contributed by atoms with E-state index in [0.29, 0.717) is 24.6 Å². The fraction of sp³-hybridized carbons (Fsp3) is 0.462. The largest absolute Gasteiger partial charge is 0.393 e. The van der Waals surface area contributed by atoms with Gasteiger partial charge in [0.15, 0.2) is 0 Å². The topological polar surface area (TPSA) is 82.0 Å². The predicted octanol–water partition coefficient (Wildman–Crippen LogP) is 1.10. The SMILES string of the molecule is O=C(NO)[C@H]1C[C@@H](O)CCN1OCc1ccc(Cl)cc1. The van der Waals surface area contributed by atoms with Crippen LogP contribution in [0.4, 0.5) is 0 Å². The van der Waals surface area contributed by atoms with E-state index >= 15 is 0 Å². The van der Waals surface area contributed by atoms with E-state index in [1.807, 2.05) is 12.1 Å². The maximum atomic E-state index is 11.6. The highest BCUT2D eigenvalue weighted by atomic mass is 35.5. The van der Waals surface area contributed by atoms with Gasteiger partial charge in [-0.2, -0.15) is 5.06 Å². The van der Waals surface area contributed by atoms with Crippen LogP contribution in [0.5, 0.6) is 0 Å². The average molecular weight is 301 g/mol. The monoisotopic (exact) mass is 300 g/mol. The van der Waals surface area contributed by atoms with Crippen LogP contribution in [0.1, 0.15) is 18.4 Å². The molecule has 1 aliphatic heterocycles. The van der Waals surface area contributed by atoms with Crippen molar-refractivity contribution in [1.29, 1.82) is 0 Å². The Kier molecular flexibility index (Phi) is 5.33. The van der Waals surface area contributed by atoms with E-state index in [1.54, 1.807) is 17.6 Å². The number of hydroxylamine groups is 3. The molecule has 1 aromatic carbocycles. The number of aliphatic hydroxyl groups excluding tert-OH is 1. The van der Waals surface area contributed by atoms with Gasteiger partial charge in [0.1, 0.15) is 6.04 Å². The summed E-state index contributed by atoms with van der Waals surface area (Å²) in [6.45, 7) is 0.718. The van der Waals surface area contributed by atoms with E-state index in [2.05, 4.69) is 0 Å². The molecule has 0 unspecified atom stereocenters. The molecule has 7 heteroatoms. The number of carbonyl (C=O) groups excluding carboxylic acids is 1. The first-order valence-electron chi connectivity index (χ1n) is 6.36. The summed E-state index contributed by atoms with van der Waals surface area (Å²) in [5, 5.41) is 20.5. The number of piperidine rings is 1. The van der Waals surface area contributed by atoms with E-state index in [-0.39, 0.29) is 6.42 Å². The second kappa shape index (κ2) is 7.01. The molecule has 0 radical (unpaired) electrons. The van der Waals surface area contributed by atoms with Crippen molar-refractivity contribution in [2.45, 2.75) is 31.6 Å². The summed E-state index contributed by atoms with van der Waals surface area (Å²) in [6.07, 6.45) is 0.190. The van der Waals surface area contributed by atoms with Crippen molar-refractivity contribution in [3.8, 4) is 0 Å². The van der Waals surface area contributed by atoms with Crippen LogP contribution in [-0.2, 0) is 16.2 Å². The zero-order valence-corrected chi connectivity index (χ0v) is 11.6. The van der Waals surface area contributed by atoms with Crippen LogP contribution < -0.4 is 5.48 Å². The van der Waals surface area contributed by atoms with Crippen molar-refractivity contribution in [1.82, 2.24) is 10.5 Å². The Bertz CT molecular complexity index is 454. The van der Waals surface area contributed by atoms with E-state index in [4.69, 9.17) is 21.6 Å². The summed E-state index contributed by atoms with van der Waals surface area (Å²) in [4.78, 5) is 17.2. The normalized spacial score (nSPS) is 23.6. The Morgan fingerprint density at radius 3 is 2.80 bits per heavy atom. The molecule has 2 atom stereocenters. The standard InChI is InChI=1S/C13H17ClN2O4/c14-10-3-1-9(2-4-10)8-20-16-6-5-11(17)7-12(16)13(18)15-19/h1-4,11-12,17,19H,5-8H2,(H,15,18)/t11-,12+/m0/s1. The Hall–Kier alpha value is -1.18. The van der Waals surface area contributed by atoms with Gasteiger partial charge in [-0.05, 0) is 24.1 Å². The predicted molar refractivity (Wildman–Crippen MR) is 71.9 cm³/mol. The summed E-state index contributed by atoms with van der Waals surface area (Å²) in [5.74, 6) is -0.583. The van der Waals surface area contributed by atoms with E-state index < -0.39 is 18.1 Å². The minimum Gasteiger partial charge on any atom is -0.393 e. The third-order valence-corrected chi connectivity index (χ3v) is 3.50. The Morgan fingerprint density at radius 1 is 1.45 bits per heavy atom. The van der Waals surface area contributed by atoms with Crippen molar-refractivity contribution < 1.29 is 19.9 Å². The maximum Gasteiger partial charge on any atom is 0.263 e. The first kappa shape index (κ1) is 15.2. The van der Waals surface area contributed by atoms with Crippen LogP contribution in [0, 0.1) is 0 Å². The molecule has 0 aliphatic carbocycles. The molecule has 1 heterocycles. The van der Waals surface area contributed by atoms with Crippen LogP contribution >= 0.6 is 11.6 Å². The first-order valence-corrected chi connectivity index (χ1v) is 6.74.